The third kappa shape index (κ3) is 1.32. The maximum absolute atomic E-state index is 10.6. The molecule has 1 saturated heterocycles. The minimum Gasteiger partial charge on any atom is -0.348 e. The lowest BCUT2D eigenvalue weighted by molar-refractivity contribution is -0.128. The highest BCUT2D eigenvalue weighted by Gasteiger charge is 2.27. The summed E-state index contributed by atoms with van der Waals surface area (Å²) in [6.07, 6.45) is 0.646. The highest BCUT2D eigenvalue weighted by atomic mass is 79.9. The monoisotopic (exact) mass is 231 g/mol. The zero-order valence-electron chi connectivity index (χ0n) is 5.63. The van der Waals surface area contributed by atoms with Gasteiger partial charge in [-0.05, 0) is 28.1 Å². The number of amides is 1. The predicted octanol–water partition coefficient (Wildman–Crippen LogP) is 2.07. The number of β-lactam (4-membered cyclic amide) rings is 1. The van der Waals surface area contributed by atoms with Gasteiger partial charge < -0.3 is 5.32 Å². The van der Waals surface area contributed by atoms with E-state index in [9.17, 15) is 4.79 Å². The molecule has 0 radical (unpaired) electrons. The van der Waals surface area contributed by atoms with Crippen molar-refractivity contribution in [2.75, 3.05) is 0 Å². The van der Waals surface area contributed by atoms with Gasteiger partial charge in [0.2, 0.25) is 5.91 Å². The van der Waals surface area contributed by atoms with Crippen LogP contribution in [0.25, 0.3) is 0 Å². The highest BCUT2D eigenvalue weighted by molar-refractivity contribution is 9.11. The van der Waals surface area contributed by atoms with Crippen molar-refractivity contribution in [3.8, 4) is 0 Å². The molecule has 2 rings (SSSR count). The van der Waals surface area contributed by atoms with E-state index in [4.69, 9.17) is 0 Å². The number of carbonyl (C=O) groups is 1. The smallest absolute Gasteiger partial charge is 0.222 e. The van der Waals surface area contributed by atoms with Crippen molar-refractivity contribution in [2.24, 2.45) is 0 Å². The Morgan fingerprint density at radius 2 is 2.36 bits per heavy atom. The van der Waals surface area contributed by atoms with Crippen molar-refractivity contribution in [1.82, 2.24) is 5.32 Å². The molecule has 1 atom stereocenters. The van der Waals surface area contributed by atoms with Crippen molar-refractivity contribution in [2.45, 2.75) is 12.5 Å². The van der Waals surface area contributed by atoms with Gasteiger partial charge in [0.1, 0.15) is 0 Å². The van der Waals surface area contributed by atoms with Crippen molar-refractivity contribution in [1.29, 1.82) is 0 Å². The van der Waals surface area contributed by atoms with Crippen LogP contribution in [-0.4, -0.2) is 5.91 Å². The van der Waals surface area contributed by atoms with Gasteiger partial charge in [-0.25, -0.2) is 0 Å². The van der Waals surface area contributed by atoms with Gasteiger partial charge in [-0.3, -0.25) is 4.79 Å². The Labute approximate surface area is 76.7 Å². The van der Waals surface area contributed by atoms with Crippen LogP contribution in [0.4, 0.5) is 0 Å². The van der Waals surface area contributed by atoms with Crippen LogP contribution in [0.1, 0.15) is 17.3 Å². The number of hydrogen-bond donors (Lipinski definition) is 1. The Hall–Kier alpha value is -0.350. The minimum absolute atomic E-state index is 0.152. The third-order valence-corrected chi connectivity index (χ3v) is 3.40. The second-order valence-corrected chi connectivity index (χ2v) is 4.96. The van der Waals surface area contributed by atoms with Gasteiger partial charge in [0.15, 0.2) is 0 Å². The molecule has 1 aliphatic rings. The van der Waals surface area contributed by atoms with Gasteiger partial charge in [0.05, 0.1) is 16.2 Å². The molecule has 0 bridgehead atoms. The molecule has 1 aromatic rings. The van der Waals surface area contributed by atoms with Gasteiger partial charge >= 0.3 is 0 Å². The Morgan fingerprint density at radius 3 is 2.82 bits per heavy atom. The van der Waals surface area contributed by atoms with Crippen molar-refractivity contribution < 1.29 is 4.79 Å². The molecular formula is C7H6BrNOS. The van der Waals surface area contributed by atoms with E-state index >= 15 is 0 Å². The van der Waals surface area contributed by atoms with E-state index in [0.29, 0.717) is 6.42 Å². The second kappa shape index (κ2) is 2.60. The highest BCUT2D eigenvalue weighted by Crippen LogP contribution is 2.32. The Kier molecular flexibility index (Phi) is 1.73. The second-order valence-electron chi connectivity index (χ2n) is 2.47. The fourth-order valence-corrected chi connectivity index (χ4v) is 2.52. The fraction of sp³-hybridized carbons (Fsp3) is 0.286. The standard InChI is InChI=1S/C7H6BrNOS/c8-6-2-1-5(11-6)4-3-7(10)9-4/h1-2,4H,3H2,(H,9,10). The van der Waals surface area contributed by atoms with Gasteiger partial charge in [0.25, 0.3) is 0 Å². The fourth-order valence-electron chi connectivity index (χ4n) is 1.05. The summed E-state index contributed by atoms with van der Waals surface area (Å²) in [6, 6.07) is 4.32. The average molecular weight is 232 g/mol. The topological polar surface area (TPSA) is 29.1 Å². The number of thiophene rings is 1. The summed E-state index contributed by atoms with van der Waals surface area (Å²) in [5, 5.41) is 2.82. The number of nitrogens with one attached hydrogen (secondary N) is 1. The van der Waals surface area contributed by atoms with E-state index in [1.807, 2.05) is 12.1 Å². The van der Waals surface area contributed by atoms with Crippen molar-refractivity contribution in [3.05, 3.63) is 20.8 Å². The quantitative estimate of drug-likeness (QED) is 0.738. The molecule has 2 nitrogen and oxygen atoms in total. The summed E-state index contributed by atoms with van der Waals surface area (Å²) < 4.78 is 1.12. The molecule has 1 aromatic heterocycles. The Morgan fingerprint density at radius 1 is 1.64 bits per heavy atom. The van der Waals surface area contributed by atoms with Crippen LogP contribution in [-0.2, 0) is 4.79 Å². The van der Waals surface area contributed by atoms with Crippen LogP contribution in [0.15, 0.2) is 15.9 Å². The van der Waals surface area contributed by atoms with Gasteiger partial charge in [-0.15, -0.1) is 11.3 Å². The molecular weight excluding hydrogens is 226 g/mol. The molecule has 1 aliphatic heterocycles. The summed E-state index contributed by atoms with van der Waals surface area (Å²) in [5.74, 6) is 0.152. The molecule has 2 heterocycles. The lowest BCUT2D eigenvalue weighted by Gasteiger charge is -2.25. The van der Waals surface area contributed by atoms with E-state index in [2.05, 4.69) is 21.2 Å². The summed E-state index contributed by atoms with van der Waals surface area (Å²) in [7, 11) is 0. The molecule has 0 spiro atoms. The zero-order valence-corrected chi connectivity index (χ0v) is 8.04. The van der Waals surface area contributed by atoms with Crippen LogP contribution < -0.4 is 5.32 Å². The van der Waals surface area contributed by atoms with Gasteiger partial charge in [0, 0.05) is 4.88 Å². The first-order valence-corrected chi connectivity index (χ1v) is 4.91. The Balaban J connectivity index is 2.12. The van der Waals surface area contributed by atoms with Crippen molar-refractivity contribution >= 4 is 33.2 Å². The molecule has 11 heavy (non-hydrogen) atoms. The largest absolute Gasteiger partial charge is 0.348 e. The first-order chi connectivity index (χ1) is 5.25. The zero-order chi connectivity index (χ0) is 7.84. The van der Waals surface area contributed by atoms with Crippen LogP contribution >= 0.6 is 27.3 Å². The van der Waals surface area contributed by atoms with Crippen LogP contribution in [0.3, 0.4) is 0 Å². The lowest BCUT2D eigenvalue weighted by Crippen LogP contribution is -2.40. The van der Waals surface area contributed by atoms with Gasteiger partial charge in [-0.1, -0.05) is 0 Å². The van der Waals surface area contributed by atoms with Crippen LogP contribution in [0.2, 0.25) is 0 Å². The lowest BCUT2D eigenvalue weighted by atomic mass is 10.1. The summed E-state index contributed by atoms with van der Waals surface area (Å²) in [5.41, 5.74) is 0. The number of rotatable bonds is 1. The molecule has 1 unspecified atom stereocenters. The van der Waals surface area contributed by atoms with E-state index < -0.39 is 0 Å². The number of carbonyl (C=O) groups excluding carboxylic acids is 1. The average Bonchev–Trinajstić information content (AvgIpc) is 2.29. The SMILES string of the molecule is O=C1CC(c2ccc(Br)s2)N1. The molecule has 58 valence electrons. The first kappa shape index (κ1) is 7.31. The van der Waals surface area contributed by atoms with E-state index in [1.165, 1.54) is 4.88 Å². The van der Waals surface area contributed by atoms with E-state index in [-0.39, 0.29) is 11.9 Å². The summed E-state index contributed by atoms with van der Waals surface area (Å²) in [4.78, 5) is 11.8. The predicted molar refractivity (Wildman–Crippen MR) is 47.5 cm³/mol. The normalized spacial score (nSPS) is 22.6. The van der Waals surface area contributed by atoms with Crippen LogP contribution in [0, 0.1) is 0 Å². The summed E-state index contributed by atoms with van der Waals surface area (Å²) >= 11 is 5.05. The third-order valence-electron chi connectivity index (χ3n) is 1.66. The molecule has 0 aliphatic carbocycles. The van der Waals surface area contributed by atoms with Crippen LogP contribution in [0.5, 0.6) is 0 Å². The summed E-state index contributed by atoms with van der Waals surface area (Å²) in [6.45, 7) is 0. The molecule has 4 heteroatoms. The molecule has 1 fully saturated rings. The maximum Gasteiger partial charge on any atom is 0.222 e. The molecule has 0 aromatic carbocycles. The minimum atomic E-state index is 0.152. The Bertz CT molecular complexity index is 288. The number of hydrogen-bond acceptors (Lipinski definition) is 2. The molecule has 0 saturated carbocycles. The van der Waals surface area contributed by atoms with E-state index in [0.717, 1.165) is 3.79 Å². The first-order valence-electron chi connectivity index (χ1n) is 3.30. The van der Waals surface area contributed by atoms with Crippen molar-refractivity contribution in [3.63, 3.8) is 0 Å². The molecule has 1 amide bonds. The maximum atomic E-state index is 10.6. The van der Waals surface area contributed by atoms with Gasteiger partial charge in [-0.2, -0.15) is 0 Å². The molecule has 1 N–H and O–H groups in total. The number of halogens is 1. The van der Waals surface area contributed by atoms with E-state index in [1.54, 1.807) is 11.3 Å².